The van der Waals surface area contributed by atoms with Crippen LogP contribution in [0.5, 0.6) is 0 Å². The van der Waals surface area contributed by atoms with Crippen LogP contribution in [0.3, 0.4) is 0 Å². The smallest absolute Gasteiger partial charge is 0.342 e. The Labute approximate surface area is 110 Å². The van der Waals surface area contributed by atoms with Crippen molar-refractivity contribution in [2.24, 2.45) is 7.05 Å². The molecule has 8 nitrogen and oxygen atoms in total. The molecule has 3 amide bonds. The van der Waals surface area contributed by atoms with Gasteiger partial charge in [-0.05, 0) is 13.8 Å². The van der Waals surface area contributed by atoms with Crippen LogP contribution in [-0.2, 0) is 16.6 Å². The van der Waals surface area contributed by atoms with E-state index in [1.807, 2.05) is 5.32 Å². The maximum Gasteiger partial charge on any atom is 0.342 e. The van der Waals surface area contributed by atoms with Crippen molar-refractivity contribution in [3.8, 4) is 0 Å². The van der Waals surface area contributed by atoms with Gasteiger partial charge in [-0.3, -0.25) is 14.8 Å². The fourth-order valence-corrected chi connectivity index (χ4v) is 1.25. The van der Waals surface area contributed by atoms with Gasteiger partial charge in [-0.2, -0.15) is 5.10 Å². The number of nitrogens with zero attached hydrogens (tertiary/aromatic N) is 2. The Hall–Kier alpha value is -2.38. The largest absolute Gasteiger partial charge is 0.449 e. The Morgan fingerprint density at radius 3 is 2.53 bits per heavy atom. The number of ether oxygens (including phenoxy) is 1. The number of aryl methyl sites for hydroxylation is 1. The van der Waals surface area contributed by atoms with Gasteiger partial charge in [-0.1, -0.05) is 0 Å². The summed E-state index contributed by atoms with van der Waals surface area (Å²) in [4.78, 5) is 34.2. The third kappa shape index (κ3) is 3.54. The number of hydrogen-bond acceptors (Lipinski definition) is 5. The normalized spacial score (nSPS) is 11.6. The molecule has 1 rings (SSSR count). The summed E-state index contributed by atoms with van der Waals surface area (Å²) in [6.45, 7) is 3.08. The number of amides is 3. The Balaban J connectivity index is 2.64. The number of rotatable bonds is 3. The van der Waals surface area contributed by atoms with E-state index in [0.717, 1.165) is 0 Å². The van der Waals surface area contributed by atoms with Crippen LogP contribution < -0.4 is 10.6 Å². The quantitative estimate of drug-likeness (QED) is 0.735. The topological polar surface area (TPSA) is 102 Å². The van der Waals surface area contributed by atoms with Crippen molar-refractivity contribution in [3.05, 3.63) is 17.5 Å². The molecule has 0 fully saturated rings. The molecule has 2 N–H and O–H groups in total. The summed E-state index contributed by atoms with van der Waals surface area (Å²) in [6, 6.07) is -0.662. The summed E-state index contributed by atoms with van der Waals surface area (Å²) in [5.41, 5.74) is 0.908. The predicted molar refractivity (Wildman–Crippen MR) is 65.4 cm³/mol. The molecule has 0 saturated carbocycles. The molecular formula is C11H16N4O4. The van der Waals surface area contributed by atoms with E-state index < -0.39 is 24.0 Å². The number of urea groups is 1. The first kappa shape index (κ1) is 14.7. The maximum absolute atomic E-state index is 11.8. The van der Waals surface area contributed by atoms with Crippen molar-refractivity contribution in [1.29, 1.82) is 0 Å². The zero-order valence-corrected chi connectivity index (χ0v) is 11.2. The summed E-state index contributed by atoms with van der Waals surface area (Å²) >= 11 is 0. The lowest BCUT2D eigenvalue weighted by Crippen LogP contribution is -2.43. The van der Waals surface area contributed by atoms with Gasteiger partial charge in [0.15, 0.2) is 6.10 Å². The van der Waals surface area contributed by atoms with Crippen LogP contribution in [0.15, 0.2) is 6.20 Å². The second kappa shape index (κ2) is 5.98. The Bertz CT molecular complexity index is 509. The summed E-state index contributed by atoms with van der Waals surface area (Å²) < 4.78 is 6.47. The molecule has 0 saturated heterocycles. The highest BCUT2D eigenvalue weighted by Gasteiger charge is 2.22. The molecule has 104 valence electrons. The first-order chi connectivity index (χ1) is 8.86. The average molecular weight is 268 g/mol. The minimum absolute atomic E-state index is 0.280. The highest BCUT2D eigenvalue weighted by atomic mass is 16.5. The number of imide groups is 1. The fourth-order valence-electron chi connectivity index (χ4n) is 1.25. The second-order valence-electron chi connectivity index (χ2n) is 3.88. The van der Waals surface area contributed by atoms with E-state index in [1.54, 1.807) is 14.0 Å². The van der Waals surface area contributed by atoms with Crippen LogP contribution in [0, 0.1) is 6.92 Å². The van der Waals surface area contributed by atoms with Crippen molar-refractivity contribution < 1.29 is 19.1 Å². The van der Waals surface area contributed by atoms with Crippen LogP contribution in [0.2, 0.25) is 0 Å². The van der Waals surface area contributed by atoms with E-state index in [4.69, 9.17) is 4.74 Å². The zero-order valence-electron chi connectivity index (χ0n) is 11.2. The van der Waals surface area contributed by atoms with Crippen LogP contribution in [0.4, 0.5) is 4.79 Å². The van der Waals surface area contributed by atoms with Gasteiger partial charge in [-0.15, -0.1) is 0 Å². The standard InChI is InChI=1S/C11H16N4O4/c1-6-8(5-13-15(6)4)10(17)19-7(2)9(16)14-11(18)12-3/h5,7H,1-4H3,(H2,12,14,16,18). The van der Waals surface area contributed by atoms with E-state index in [-0.39, 0.29) is 5.56 Å². The van der Waals surface area contributed by atoms with Crippen molar-refractivity contribution in [1.82, 2.24) is 20.4 Å². The van der Waals surface area contributed by atoms with Gasteiger partial charge >= 0.3 is 12.0 Å². The molecule has 0 spiro atoms. The van der Waals surface area contributed by atoms with Crippen LogP contribution in [0.25, 0.3) is 0 Å². The van der Waals surface area contributed by atoms with Crippen molar-refractivity contribution in [2.45, 2.75) is 20.0 Å². The van der Waals surface area contributed by atoms with E-state index in [0.29, 0.717) is 5.69 Å². The van der Waals surface area contributed by atoms with Crippen molar-refractivity contribution >= 4 is 17.9 Å². The number of esters is 1. The summed E-state index contributed by atoms with van der Waals surface area (Å²) in [5.74, 6) is -1.36. The van der Waals surface area contributed by atoms with Gasteiger partial charge in [-0.25, -0.2) is 9.59 Å². The minimum Gasteiger partial charge on any atom is -0.449 e. The molecule has 0 aliphatic rings. The Morgan fingerprint density at radius 2 is 2.05 bits per heavy atom. The number of aromatic nitrogens is 2. The highest BCUT2D eigenvalue weighted by Crippen LogP contribution is 2.08. The molecule has 19 heavy (non-hydrogen) atoms. The van der Waals surface area contributed by atoms with Gasteiger partial charge < -0.3 is 10.1 Å². The first-order valence-electron chi connectivity index (χ1n) is 5.59. The molecule has 0 radical (unpaired) electrons. The summed E-state index contributed by atoms with van der Waals surface area (Å²) in [6.07, 6.45) is 0.283. The van der Waals surface area contributed by atoms with E-state index in [2.05, 4.69) is 10.4 Å². The third-order valence-electron chi connectivity index (χ3n) is 2.57. The SMILES string of the molecule is CNC(=O)NC(=O)C(C)OC(=O)c1cnn(C)c1C. The highest BCUT2D eigenvalue weighted by molar-refractivity contribution is 5.98. The Morgan fingerprint density at radius 1 is 1.42 bits per heavy atom. The number of nitrogens with one attached hydrogen (secondary N) is 2. The van der Waals surface area contributed by atoms with E-state index in [1.165, 1.54) is 24.9 Å². The molecule has 0 aliphatic heterocycles. The number of hydrogen-bond donors (Lipinski definition) is 2. The summed E-state index contributed by atoms with van der Waals surface area (Å²) in [5, 5.41) is 8.14. The fraction of sp³-hybridized carbons (Fsp3) is 0.455. The van der Waals surface area contributed by atoms with Gasteiger partial charge in [0, 0.05) is 19.8 Å². The van der Waals surface area contributed by atoms with Crippen LogP contribution in [-0.4, -0.2) is 40.8 Å². The van der Waals surface area contributed by atoms with E-state index in [9.17, 15) is 14.4 Å². The lowest BCUT2D eigenvalue weighted by Gasteiger charge is -2.12. The first-order valence-corrected chi connectivity index (χ1v) is 5.59. The molecule has 1 atom stereocenters. The van der Waals surface area contributed by atoms with E-state index >= 15 is 0 Å². The van der Waals surface area contributed by atoms with Gasteiger partial charge in [0.1, 0.15) is 5.56 Å². The molecule has 8 heteroatoms. The Kier molecular flexibility index (Phi) is 4.62. The minimum atomic E-state index is -1.08. The average Bonchev–Trinajstić information content (AvgIpc) is 2.69. The monoisotopic (exact) mass is 268 g/mol. The lowest BCUT2D eigenvalue weighted by molar-refractivity contribution is -0.127. The van der Waals surface area contributed by atoms with Crippen LogP contribution in [0.1, 0.15) is 23.0 Å². The molecular weight excluding hydrogens is 252 g/mol. The van der Waals surface area contributed by atoms with Gasteiger partial charge in [0.2, 0.25) is 0 Å². The maximum atomic E-state index is 11.8. The van der Waals surface area contributed by atoms with Gasteiger partial charge in [0.25, 0.3) is 5.91 Å². The molecule has 0 bridgehead atoms. The third-order valence-corrected chi connectivity index (χ3v) is 2.57. The molecule has 1 heterocycles. The van der Waals surface area contributed by atoms with Crippen LogP contribution >= 0.6 is 0 Å². The molecule has 1 aromatic heterocycles. The lowest BCUT2D eigenvalue weighted by atomic mass is 10.2. The second-order valence-corrected chi connectivity index (χ2v) is 3.88. The summed E-state index contributed by atoms with van der Waals surface area (Å²) in [7, 11) is 3.06. The van der Waals surface area contributed by atoms with Crippen molar-refractivity contribution in [2.75, 3.05) is 7.05 Å². The van der Waals surface area contributed by atoms with Crippen molar-refractivity contribution in [3.63, 3.8) is 0 Å². The predicted octanol–water partition coefficient (Wildman–Crippen LogP) is -0.271. The molecule has 0 aliphatic carbocycles. The molecule has 1 aromatic rings. The number of carbonyl (C=O) groups is 3. The molecule has 1 unspecified atom stereocenters. The zero-order chi connectivity index (χ0) is 14.6. The number of carbonyl (C=O) groups excluding carboxylic acids is 3. The molecule has 0 aromatic carbocycles. The van der Waals surface area contributed by atoms with Gasteiger partial charge in [0.05, 0.1) is 6.20 Å².